The Morgan fingerprint density at radius 2 is 1.97 bits per heavy atom. The number of nitrogens with zero attached hydrogens (tertiary/aromatic N) is 4. The fourth-order valence-electron chi connectivity index (χ4n) is 4.73. The molecule has 2 atom stereocenters. The van der Waals surface area contributed by atoms with Crippen molar-refractivity contribution in [2.75, 3.05) is 0 Å². The first-order valence-corrected chi connectivity index (χ1v) is 11.6. The molecule has 4 aromatic rings. The van der Waals surface area contributed by atoms with Crippen molar-refractivity contribution < 1.29 is 14.3 Å². The summed E-state index contributed by atoms with van der Waals surface area (Å²) in [6.45, 7) is 0. The van der Waals surface area contributed by atoms with Gasteiger partial charge in [0.2, 0.25) is 0 Å². The van der Waals surface area contributed by atoms with Crippen molar-refractivity contribution in [3.63, 3.8) is 0 Å². The van der Waals surface area contributed by atoms with Crippen molar-refractivity contribution in [1.82, 2.24) is 24.6 Å². The van der Waals surface area contributed by atoms with Gasteiger partial charge in [-0.15, -0.1) is 0 Å². The number of carbonyl (C=O) groups excluding carboxylic acids is 1. The molecule has 0 radical (unpaired) electrons. The van der Waals surface area contributed by atoms with Crippen LogP contribution in [0.4, 0.5) is 4.39 Å². The van der Waals surface area contributed by atoms with Crippen LogP contribution in [0.2, 0.25) is 0 Å². The molecule has 34 heavy (non-hydrogen) atoms. The molecule has 176 valence electrons. The van der Waals surface area contributed by atoms with E-state index < -0.39 is 6.10 Å². The first kappa shape index (κ1) is 22.3. The fourth-order valence-corrected chi connectivity index (χ4v) is 4.73. The van der Waals surface area contributed by atoms with Gasteiger partial charge in [0.15, 0.2) is 0 Å². The van der Waals surface area contributed by atoms with Crippen molar-refractivity contribution in [1.29, 1.82) is 0 Å². The molecule has 2 N–H and O–H groups in total. The van der Waals surface area contributed by atoms with Crippen molar-refractivity contribution in [2.45, 2.75) is 44.2 Å². The molecule has 1 aliphatic rings. The molecule has 3 heterocycles. The van der Waals surface area contributed by atoms with Gasteiger partial charge in [0, 0.05) is 43.9 Å². The van der Waals surface area contributed by atoms with Crippen LogP contribution in [0.1, 0.15) is 47.3 Å². The summed E-state index contributed by atoms with van der Waals surface area (Å²) in [7, 11) is 3.69. The number of fused-ring (bicyclic) bond motifs is 1. The van der Waals surface area contributed by atoms with Crippen LogP contribution in [-0.4, -0.2) is 42.5 Å². The third-order valence-corrected chi connectivity index (χ3v) is 6.67. The molecular weight excluding hydrogens is 433 g/mol. The summed E-state index contributed by atoms with van der Waals surface area (Å²) >= 11 is 0. The maximum absolute atomic E-state index is 15.1. The molecule has 8 heteroatoms. The van der Waals surface area contributed by atoms with E-state index in [1.54, 1.807) is 23.0 Å². The second kappa shape index (κ2) is 9.02. The quantitative estimate of drug-likeness (QED) is 0.474. The molecular formula is C26H28FN5O2. The van der Waals surface area contributed by atoms with E-state index in [0.717, 1.165) is 41.3 Å². The molecule has 1 fully saturated rings. The second-order valence-corrected chi connectivity index (χ2v) is 9.15. The average Bonchev–Trinajstić information content (AvgIpc) is 3.42. The molecule has 5 rings (SSSR count). The summed E-state index contributed by atoms with van der Waals surface area (Å²) in [5.74, 6) is -0.624. The highest BCUT2D eigenvalue weighted by atomic mass is 19.1. The highest BCUT2D eigenvalue weighted by Crippen LogP contribution is 2.27. The average molecular weight is 462 g/mol. The minimum Gasteiger partial charge on any atom is -0.391 e. The molecule has 0 bridgehead atoms. The molecule has 1 amide bonds. The molecule has 0 saturated heterocycles. The Morgan fingerprint density at radius 1 is 1.15 bits per heavy atom. The van der Waals surface area contributed by atoms with Crippen LogP contribution in [0.5, 0.6) is 0 Å². The largest absolute Gasteiger partial charge is 0.391 e. The van der Waals surface area contributed by atoms with Crippen LogP contribution in [0.25, 0.3) is 22.2 Å². The van der Waals surface area contributed by atoms with E-state index in [9.17, 15) is 9.90 Å². The summed E-state index contributed by atoms with van der Waals surface area (Å²) in [5, 5.41) is 18.2. The summed E-state index contributed by atoms with van der Waals surface area (Å²) in [5.41, 5.74) is 3.92. The number of carbonyl (C=O) groups is 1. The van der Waals surface area contributed by atoms with Gasteiger partial charge in [-0.2, -0.15) is 5.10 Å². The van der Waals surface area contributed by atoms with E-state index in [1.165, 1.54) is 6.07 Å². The number of benzene rings is 1. The van der Waals surface area contributed by atoms with Gasteiger partial charge in [0.25, 0.3) is 5.91 Å². The van der Waals surface area contributed by atoms with Gasteiger partial charge in [-0.1, -0.05) is 25.0 Å². The molecule has 0 aliphatic heterocycles. The highest BCUT2D eigenvalue weighted by molar-refractivity contribution is 5.95. The number of nitrogens with one attached hydrogen (secondary N) is 1. The molecule has 0 unspecified atom stereocenters. The minimum absolute atomic E-state index is 0.270. The Hall–Kier alpha value is -3.52. The van der Waals surface area contributed by atoms with E-state index in [4.69, 9.17) is 0 Å². The number of aryl methyl sites for hydroxylation is 2. The van der Waals surface area contributed by atoms with Gasteiger partial charge in [-0.3, -0.25) is 9.48 Å². The number of aromatic nitrogens is 4. The van der Waals surface area contributed by atoms with Gasteiger partial charge in [0.1, 0.15) is 17.2 Å². The topological polar surface area (TPSA) is 85.0 Å². The van der Waals surface area contributed by atoms with Crippen LogP contribution in [0, 0.1) is 5.82 Å². The molecule has 1 saturated carbocycles. The monoisotopic (exact) mass is 461 g/mol. The van der Waals surface area contributed by atoms with E-state index in [0.29, 0.717) is 24.1 Å². The Bertz CT molecular complexity index is 1360. The minimum atomic E-state index is -0.539. The van der Waals surface area contributed by atoms with Crippen molar-refractivity contribution in [3.05, 3.63) is 71.6 Å². The highest BCUT2D eigenvalue weighted by Gasteiger charge is 2.26. The molecule has 0 spiro atoms. The lowest BCUT2D eigenvalue weighted by Gasteiger charge is -2.28. The van der Waals surface area contributed by atoms with Crippen LogP contribution in [0.3, 0.4) is 0 Å². The number of pyridine rings is 1. The van der Waals surface area contributed by atoms with Gasteiger partial charge in [-0.05, 0) is 47.7 Å². The van der Waals surface area contributed by atoms with E-state index >= 15 is 4.39 Å². The number of rotatable bonds is 5. The second-order valence-electron chi connectivity index (χ2n) is 9.15. The zero-order chi connectivity index (χ0) is 23.8. The van der Waals surface area contributed by atoms with Gasteiger partial charge >= 0.3 is 0 Å². The first-order valence-electron chi connectivity index (χ1n) is 11.6. The van der Waals surface area contributed by atoms with Crippen LogP contribution in [0.15, 0.2) is 48.9 Å². The zero-order valence-corrected chi connectivity index (χ0v) is 19.3. The Labute approximate surface area is 197 Å². The van der Waals surface area contributed by atoms with Crippen LogP contribution >= 0.6 is 0 Å². The predicted molar refractivity (Wildman–Crippen MR) is 128 cm³/mol. The lowest BCUT2D eigenvalue weighted by Crippen LogP contribution is -2.45. The lowest BCUT2D eigenvalue weighted by molar-refractivity contribution is 0.0714. The number of hydrogen-bond donors (Lipinski definition) is 2. The SMILES string of the molecule is Cn1cc(-c2ccc(Cc3cc(C(=O)N[C@H]4CCCC[C@@H]4O)nc4c3ccn4C)c(F)c2)cn1. The smallest absolute Gasteiger partial charge is 0.270 e. The number of aliphatic hydroxyl groups excluding tert-OH is 1. The summed E-state index contributed by atoms with van der Waals surface area (Å²) < 4.78 is 18.6. The maximum atomic E-state index is 15.1. The van der Waals surface area contributed by atoms with Crippen molar-refractivity contribution >= 4 is 16.9 Å². The summed E-state index contributed by atoms with van der Waals surface area (Å²) in [6, 6.07) is 8.59. The van der Waals surface area contributed by atoms with E-state index in [2.05, 4.69) is 15.4 Å². The van der Waals surface area contributed by atoms with Gasteiger partial charge in [-0.25, -0.2) is 9.37 Å². The summed E-state index contributed by atoms with van der Waals surface area (Å²) in [4.78, 5) is 17.6. The van der Waals surface area contributed by atoms with Crippen LogP contribution in [-0.2, 0) is 20.5 Å². The van der Waals surface area contributed by atoms with Crippen molar-refractivity contribution in [2.24, 2.45) is 14.1 Å². The van der Waals surface area contributed by atoms with Gasteiger partial charge < -0.3 is 15.0 Å². The van der Waals surface area contributed by atoms with Crippen molar-refractivity contribution in [3.8, 4) is 11.1 Å². The lowest BCUT2D eigenvalue weighted by atomic mass is 9.92. The van der Waals surface area contributed by atoms with Crippen LogP contribution < -0.4 is 5.32 Å². The number of aliphatic hydroxyl groups is 1. The Balaban J connectivity index is 1.45. The third-order valence-electron chi connectivity index (χ3n) is 6.67. The number of hydrogen-bond acceptors (Lipinski definition) is 4. The molecule has 1 aromatic carbocycles. The zero-order valence-electron chi connectivity index (χ0n) is 19.3. The standard InChI is InChI=1S/C26H28FN5O2/c1-31-10-9-20-18(11-17-8-7-16(12-21(17)27)19-14-28-32(2)15-19)13-23(29-25(20)31)26(34)30-22-5-3-4-6-24(22)33/h7-10,12-15,22,24,33H,3-6,11H2,1-2H3,(H,30,34)/t22-,24-/m0/s1. The fraction of sp³-hybridized carbons (Fsp3) is 0.346. The molecule has 3 aromatic heterocycles. The Morgan fingerprint density at radius 3 is 2.71 bits per heavy atom. The molecule has 7 nitrogen and oxygen atoms in total. The third kappa shape index (κ3) is 4.33. The van der Waals surface area contributed by atoms with E-state index in [-0.39, 0.29) is 23.5 Å². The predicted octanol–water partition coefficient (Wildman–Crippen LogP) is 3.74. The Kier molecular flexibility index (Phi) is 5.91. The van der Waals surface area contributed by atoms with E-state index in [1.807, 2.05) is 43.2 Å². The normalized spacial score (nSPS) is 18.4. The number of halogens is 1. The van der Waals surface area contributed by atoms with Gasteiger partial charge in [0.05, 0.1) is 18.3 Å². The first-order chi connectivity index (χ1) is 16.4. The number of amides is 1. The maximum Gasteiger partial charge on any atom is 0.270 e. The molecule has 1 aliphatic carbocycles. The summed E-state index contributed by atoms with van der Waals surface area (Å²) in [6.07, 6.45) is 8.61.